The van der Waals surface area contributed by atoms with Gasteiger partial charge in [-0.25, -0.2) is 0 Å². The first-order valence-electron chi connectivity index (χ1n) is 2.59. The summed E-state index contributed by atoms with van der Waals surface area (Å²) in [7, 11) is 0.154. The van der Waals surface area contributed by atoms with Crippen LogP contribution in [0, 0.1) is 10.1 Å². The number of hydrogen-bond donors (Lipinski definition) is 0. The predicted molar refractivity (Wildman–Crippen MR) is 34.9 cm³/mol. The minimum absolute atomic E-state index is 1.01. The molecule has 0 N–H and O–H groups in total. The average molecular weight is 183 g/mol. The van der Waals surface area contributed by atoms with Gasteiger partial charge in [-0.05, 0) is 0 Å². The van der Waals surface area contributed by atoms with Crippen molar-refractivity contribution in [3.63, 3.8) is 0 Å². The summed E-state index contributed by atoms with van der Waals surface area (Å²) in [6.07, 6.45) is 0. The fourth-order valence-corrected chi connectivity index (χ4v) is 1.36. The molecule has 0 saturated carbocycles. The molecule has 0 radical (unpaired) electrons. The Morgan fingerprint density at radius 2 is 1.55 bits per heavy atom. The topological polar surface area (TPSA) is 80.1 Å². The van der Waals surface area contributed by atoms with E-state index in [0.717, 1.165) is 0 Å². The second-order valence-corrected chi connectivity index (χ2v) is 3.83. The van der Waals surface area contributed by atoms with Crippen molar-refractivity contribution in [1.82, 2.24) is 0 Å². The maximum atomic E-state index is 9.87. The number of rotatable bonds is 5. The molecule has 11 heavy (non-hydrogen) atoms. The molecule has 0 aliphatic rings. The molecule has 0 aromatic rings. The van der Waals surface area contributed by atoms with Gasteiger partial charge in [-0.1, -0.05) is 0 Å². The molecule has 0 amide bonds. The Morgan fingerprint density at radius 1 is 1.18 bits per heavy atom. The second kappa shape index (κ2) is 4.23. The summed E-state index contributed by atoms with van der Waals surface area (Å²) in [5.41, 5.74) is 0. The smallest absolute Gasteiger partial charge is 0.357 e. The molecular weight excluding hydrogens is 174 g/mol. The van der Waals surface area contributed by atoms with Crippen LogP contribution in [0.5, 0.6) is 0 Å². The summed E-state index contributed by atoms with van der Waals surface area (Å²) < 4.78 is 17.8. The zero-order valence-electron chi connectivity index (χ0n) is 6.40. The average Bonchev–Trinajstić information content (AvgIpc) is 2.00. The van der Waals surface area contributed by atoms with E-state index in [1.807, 2.05) is 0 Å². The van der Waals surface area contributed by atoms with Crippen LogP contribution >= 0.6 is 0 Å². The molecule has 7 nitrogen and oxygen atoms in total. The zero-order valence-corrected chi connectivity index (χ0v) is 7.40. The molecule has 0 saturated heterocycles. The molecule has 0 rings (SSSR count). The second-order valence-electron chi connectivity index (χ2n) is 1.43. The Morgan fingerprint density at radius 3 is 1.64 bits per heavy atom. The number of hydrogen-bond acceptors (Lipinski definition) is 6. The van der Waals surface area contributed by atoms with Gasteiger partial charge in [0, 0.05) is 21.3 Å². The Labute approximate surface area is 64.4 Å². The van der Waals surface area contributed by atoms with Gasteiger partial charge in [-0.3, -0.25) is 4.53 Å². The molecule has 8 heteroatoms. The van der Waals surface area contributed by atoms with Crippen LogP contribution in [0.3, 0.4) is 0 Å². The van der Waals surface area contributed by atoms with Crippen molar-refractivity contribution in [2.45, 2.75) is 0 Å². The third kappa shape index (κ3) is 2.80. The largest absolute Gasteiger partial charge is 0.706 e. The summed E-state index contributed by atoms with van der Waals surface area (Å²) in [5, 5.41) is 8.86. The molecule has 0 fully saturated rings. The molecule has 66 valence electrons. The van der Waals surface area contributed by atoms with Gasteiger partial charge in [-0.15, -0.1) is 10.1 Å². The van der Waals surface area contributed by atoms with E-state index < -0.39 is 14.1 Å². The quantitative estimate of drug-likeness (QED) is 0.327. The third-order valence-electron chi connectivity index (χ3n) is 0.936. The lowest BCUT2D eigenvalue weighted by Crippen LogP contribution is -2.47. The fraction of sp³-hybridized carbons (Fsp3) is 1.00. The Bertz CT molecular complexity index is 128. The molecular formula is C3H9NO6Si. The van der Waals surface area contributed by atoms with Crippen LogP contribution in [0.25, 0.3) is 0 Å². The van der Waals surface area contributed by atoms with Gasteiger partial charge >= 0.3 is 9.05 Å². The lowest BCUT2D eigenvalue weighted by atomic mass is 11.8. The van der Waals surface area contributed by atoms with Crippen molar-refractivity contribution in [3.05, 3.63) is 10.1 Å². The number of nitrogens with zero attached hydrogens (tertiary/aromatic N) is 1. The molecule has 0 atom stereocenters. The Hall–Kier alpha value is -0.703. The highest BCUT2D eigenvalue weighted by Gasteiger charge is 2.45. The normalized spacial score (nSPS) is 11.2. The minimum Gasteiger partial charge on any atom is -0.357 e. The van der Waals surface area contributed by atoms with Crippen molar-refractivity contribution in [2.75, 3.05) is 21.3 Å². The molecule has 0 unspecified atom stereocenters. The van der Waals surface area contributed by atoms with Crippen molar-refractivity contribution in [2.24, 2.45) is 0 Å². The zero-order chi connectivity index (χ0) is 8.91. The first-order chi connectivity index (χ1) is 5.10. The highest BCUT2D eigenvalue weighted by molar-refractivity contribution is 6.52. The molecule has 0 aliphatic carbocycles. The van der Waals surface area contributed by atoms with E-state index in [0.29, 0.717) is 0 Å². The van der Waals surface area contributed by atoms with Crippen molar-refractivity contribution >= 4 is 9.05 Å². The van der Waals surface area contributed by atoms with Crippen molar-refractivity contribution < 1.29 is 22.9 Å². The lowest BCUT2D eigenvalue weighted by Gasteiger charge is -2.19. The van der Waals surface area contributed by atoms with Gasteiger partial charge in [0.05, 0.1) is 0 Å². The fourth-order valence-electron chi connectivity index (χ4n) is 0.453. The highest BCUT2D eigenvalue weighted by Crippen LogP contribution is 2.06. The molecule has 0 bridgehead atoms. The predicted octanol–water partition coefficient (Wildman–Crippen LogP) is -0.431. The van der Waals surface area contributed by atoms with Crippen molar-refractivity contribution in [1.29, 1.82) is 0 Å². The molecule has 0 aromatic heterocycles. The van der Waals surface area contributed by atoms with Crippen LogP contribution in [0.1, 0.15) is 0 Å². The summed E-state index contributed by atoms with van der Waals surface area (Å²) in [6, 6.07) is 0. The third-order valence-corrected chi connectivity index (χ3v) is 2.81. The standard InChI is InChI=1S/C3H9NO6Si/c1-7-11(8-2,9-3)10-4(5)6/h1-3H3. The highest BCUT2D eigenvalue weighted by atomic mass is 28.4. The summed E-state index contributed by atoms with van der Waals surface area (Å²) in [4.78, 5) is 9.87. The van der Waals surface area contributed by atoms with E-state index in [9.17, 15) is 10.1 Å². The van der Waals surface area contributed by atoms with E-state index in [4.69, 9.17) is 0 Å². The monoisotopic (exact) mass is 183 g/mol. The van der Waals surface area contributed by atoms with Crippen LogP contribution in [0.15, 0.2) is 0 Å². The van der Waals surface area contributed by atoms with Gasteiger partial charge in [0.1, 0.15) is 0 Å². The molecule has 0 aromatic carbocycles. The van der Waals surface area contributed by atoms with Crippen LogP contribution in [0.4, 0.5) is 0 Å². The summed E-state index contributed by atoms with van der Waals surface area (Å²) in [6.45, 7) is 0. The van der Waals surface area contributed by atoms with Crippen LogP contribution < -0.4 is 0 Å². The first kappa shape index (κ1) is 10.3. The van der Waals surface area contributed by atoms with Crippen molar-refractivity contribution in [3.8, 4) is 0 Å². The molecule has 0 spiro atoms. The van der Waals surface area contributed by atoms with Crippen LogP contribution in [-0.4, -0.2) is 35.5 Å². The van der Waals surface area contributed by atoms with Gasteiger partial charge in [0.25, 0.3) is 5.09 Å². The van der Waals surface area contributed by atoms with E-state index >= 15 is 0 Å². The summed E-state index contributed by atoms with van der Waals surface area (Å²) in [5.74, 6) is 0. The van der Waals surface area contributed by atoms with Gasteiger partial charge < -0.3 is 13.3 Å². The SMILES string of the molecule is CO[Si](OC)(OC)O[N+](=O)[O-]. The van der Waals surface area contributed by atoms with Crippen LogP contribution in [0.2, 0.25) is 0 Å². The van der Waals surface area contributed by atoms with Gasteiger partial charge in [0.15, 0.2) is 0 Å². The van der Waals surface area contributed by atoms with E-state index in [2.05, 4.69) is 17.8 Å². The Balaban J connectivity index is 4.16. The molecule has 0 aliphatic heterocycles. The van der Waals surface area contributed by atoms with E-state index in [1.165, 1.54) is 21.3 Å². The maximum absolute atomic E-state index is 9.87. The first-order valence-corrected chi connectivity index (χ1v) is 4.22. The van der Waals surface area contributed by atoms with Gasteiger partial charge in [0.2, 0.25) is 0 Å². The lowest BCUT2D eigenvalue weighted by molar-refractivity contribution is -0.732. The van der Waals surface area contributed by atoms with E-state index in [1.54, 1.807) is 0 Å². The van der Waals surface area contributed by atoms with E-state index in [-0.39, 0.29) is 0 Å². The minimum atomic E-state index is -3.48. The van der Waals surface area contributed by atoms with Gasteiger partial charge in [-0.2, -0.15) is 0 Å². The molecule has 0 heterocycles. The Kier molecular flexibility index (Phi) is 3.96. The summed E-state index contributed by atoms with van der Waals surface area (Å²) >= 11 is 0. The maximum Gasteiger partial charge on any atom is 0.706 e. The van der Waals surface area contributed by atoms with Crippen LogP contribution in [-0.2, 0) is 17.8 Å².